The molecule has 2 heterocycles. The number of piperidine rings is 1. The van der Waals surface area contributed by atoms with Crippen LogP contribution >= 0.6 is 11.3 Å². The molecule has 16 heavy (non-hydrogen) atoms. The molecule has 0 saturated carbocycles. The van der Waals surface area contributed by atoms with Crippen LogP contribution in [0.1, 0.15) is 34.6 Å². The highest BCUT2D eigenvalue weighted by Crippen LogP contribution is 2.30. The van der Waals surface area contributed by atoms with Crippen LogP contribution in [0.3, 0.4) is 0 Å². The lowest BCUT2D eigenvalue weighted by Gasteiger charge is -2.23. The van der Waals surface area contributed by atoms with E-state index in [1.165, 1.54) is 45.2 Å². The van der Waals surface area contributed by atoms with Crippen LogP contribution in [-0.2, 0) is 19.4 Å². The first-order valence-corrected chi connectivity index (χ1v) is 7.28. The first-order valence-electron chi connectivity index (χ1n) is 6.46. The molecule has 0 unspecified atom stereocenters. The number of hydrogen-bond acceptors (Lipinski definition) is 3. The predicted octanol–water partition coefficient (Wildman–Crippen LogP) is 2.08. The third-order valence-corrected chi connectivity index (χ3v) is 4.94. The van der Waals surface area contributed by atoms with E-state index in [-0.39, 0.29) is 0 Å². The number of nitrogens with one attached hydrogen (secondary N) is 2. The maximum Gasteiger partial charge on any atom is 0.0302 e. The molecule has 1 saturated heterocycles. The largest absolute Gasteiger partial charge is 0.317 e. The Balaban J connectivity index is 1.53. The highest BCUT2D eigenvalue weighted by molar-refractivity contribution is 7.12. The highest BCUT2D eigenvalue weighted by atomic mass is 32.1. The maximum absolute atomic E-state index is 3.70. The van der Waals surface area contributed by atoms with Crippen molar-refractivity contribution in [3.63, 3.8) is 0 Å². The van der Waals surface area contributed by atoms with Crippen LogP contribution in [0.25, 0.3) is 0 Å². The van der Waals surface area contributed by atoms with Gasteiger partial charge in [-0.15, -0.1) is 11.3 Å². The third kappa shape index (κ3) is 2.31. The molecule has 3 rings (SSSR count). The van der Waals surface area contributed by atoms with E-state index >= 15 is 0 Å². The van der Waals surface area contributed by atoms with Gasteiger partial charge in [-0.25, -0.2) is 0 Å². The third-order valence-electron chi connectivity index (χ3n) is 3.70. The summed E-state index contributed by atoms with van der Waals surface area (Å²) in [7, 11) is 0. The van der Waals surface area contributed by atoms with Gasteiger partial charge in [0, 0.05) is 22.3 Å². The number of aryl methyl sites for hydroxylation is 2. The second-order valence-electron chi connectivity index (χ2n) is 4.92. The van der Waals surface area contributed by atoms with Gasteiger partial charge in [-0.3, -0.25) is 0 Å². The zero-order chi connectivity index (χ0) is 10.8. The van der Waals surface area contributed by atoms with Gasteiger partial charge in [0.2, 0.25) is 0 Å². The van der Waals surface area contributed by atoms with E-state index < -0.39 is 0 Å². The Hall–Kier alpha value is -0.380. The molecule has 0 radical (unpaired) electrons. The summed E-state index contributed by atoms with van der Waals surface area (Å²) in [6.45, 7) is 3.44. The van der Waals surface area contributed by atoms with Crippen molar-refractivity contribution in [2.75, 3.05) is 13.1 Å². The Morgan fingerprint density at radius 2 is 2.19 bits per heavy atom. The summed E-state index contributed by atoms with van der Waals surface area (Å²) >= 11 is 2.03. The van der Waals surface area contributed by atoms with Gasteiger partial charge in [0.25, 0.3) is 0 Å². The SMILES string of the molecule is c1c(CNC2CCNCC2)sc2c1CCC2. The highest BCUT2D eigenvalue weighted by Gasteiger charge is 2.16. The number of fused-ring (bicyclic) bond motifs is 1. The zero-order valence-corrected chi connectivity index (χ0v) is 10.5. The van der Waals surface area contributed by atoms with Gasteiger partial charge in [0.1, 0.15) is 0 Å². The first-order chi connectivity index (χ1) is 7.92. The van der Waals surface area contributed by atoms with Crippen LogP contribution in [0.15, 0.2) is 6.07 Å². The topological polar surface area (TPSA) is 24.1 Å². The quantitative estimate of drug-likeness (QED) is 0.839. The van der Waals surface area contributed by atoms with Crippen LogP contribution in [0, 0.1) is 0 Å². The monoisotopic (exact) mass is 236 g/mol. The summed E-state index contributed by atoms with van der Waals surface area (Å²) in [5.74, 6) is 0. The molecule has 2 N–H and O–H groups in total. The smallest absolute Gasteiger partial charge is 0.0302 e. The van der Waals surface area contributed by atoms with Gasteiger partial charge in [-0.05, 0) is 56.8 Å². The Morgan fingerprint density at radius 1 is 1.31 bits per heavy atom. The van der Waals surface area contributed by atoms with E-state index in [0.717, 1.165) is 12.6 Å². The Morgan fingerprint density at radius 3 is 3.00 bits per heavy atom. The molecule has 2 nitrogen and oxygen atoms in total. The lowest BCUT2D eigenvalue weighted by Crippen LogP contribution is -2.39. The van der Waals surface area contributed by atoms with Crippen molar-refractivity contribution < 1.29 is 0 Å². The molecular weight excluding hydrogens is 216 g/mol. The van der Waals surface area contributed by atoms with E-state index in [1.54, 1.807) is 15.3 Å². The molecule has 1 aromatic rings. The van der Waals surface area contributed by atoms with E-state index in [4.69, 9.17) is 0 Å². The fraction of sp³-hybridized carbons (Fsp3) is 0.692. The van der Waals surface area contributed by atoms with Crippen molar-refractivity contribution in [1.82, 2.24) is 10.6 Å². The fourth-order valence-corrected chi connectivity index (χ4v) is 3.96. The Bertz CT molecular complexity index is 331. The molecule has 1 aromatic heterocycles. The summed E-state index contributed by atoms with van der Waals surface area (Å²) in [5.41, 5.74) is 1.63. The summed E-state index contributed by atoms with van der Waals surface area (Å²) in [6.07, 6.45) is 6.59. The normalized spacial score (nSPS) is 21.2. The summed E-state index contributed by atoms with van der Waals surface area (Å²) in [5, 5.41) is 7.10. The Kier molecular flexibility index (Phi) is 3.27. The van der Waals surface area contributed by atoms with Crippen molar-refractivity contribution >= 4 is 11.3 Å². The van der Waals surface area contributed by atoms with E-state index in [9.17, 15) is 0 Å². The molecule has 3 heteroatoms. The minimum absolute atomic E-state index is 0.734. The lowest BCUT2D eigenvalue weighted by atomic mass is 10.1. The molecule has 2 aliphatic rings. The van der Waals surface area contributed by atoms with Crippen LogP contribution < -0.4 is 10.6 Å². The lowest BCUT2D eigenvalue weighted by molar-refractivity contribution is 0.387. The molecule has 0 spiro atoms. The summed E-state index contributed by atoms with van der Waals surface area (Å²) in [4.78, 5) is 3.20. The molecule has 1 aliphatic carbocycles. The van der Waals surface area contributed by atoms with Gasteiger partial charge >= 0.3 is 0 Å². The van der Waals surface area contributed by atoms with Crippen molar-refractivity contribution in [3.8, 4) is 0 Å². The molecule has 0 aromatic carbocycles. The molecular formula is C13H20N2S. The van der Waals surface area contributed by atoms with Crippen LogP contribution in [-0.4, -0.2) is 19.1 Å². The molecule has 1 aliphatic heterocycles. The fourth-order valence-electron chi connectivity index (χ4n) is 2.75. The molecule has 1 fully saturated rings. The van der Waals surface area contributed by atoms with Gasteiger partial charge in [0.05, 0.1) is 0 Å². The molecule has 0 amide bonds. The first kappa shape index (κ1) is 10.8. The van der Waals surface area contributed by atoms with Crippen molar-refractivity contribution in [2.45, 2.75) is 44.7 Å². The van der Waals surface area contributed by atoms with Gasteiger partial charge in [-0.2, -0.15) is 0 Å². The standard InChI is InChI=1S/C13H20N2S/c1-2-10-8-12(16-13(10)3-1)9-15-11-4-6-14-7-5-11/h8,11,14-15H,1-7,9H2. The summed E-state index contributed by atoms with van der Waals surface area (Å²) in [6, 6.07) is 3.17. The van der Waals surface area contributed by atoms with Gasteiger partial charge < -0.3 is 10.6 Å². The number of thiophene rings is 1. The predicted molar refractivity (Wildman–Crippen MR) is 69.1 cm³/mol. The van der Waals surface area contributed by atoms with E-state index in [1.807, 2.05) is 11.3 Å². The zero-order valence-electron chi connectivity index (χ0n) is 9.72. The average molecular weight is 236 g/mol. The van der Waals surface area contributed by atoms with Crippen LogP contribution in [0.4, 0.5) is 0 Å². The van der Waals surface area contributed by atoms with Gasteiger partial charge in [-0.1, -0.05) is 0 Å². The average Bonchev–Trinajstić information content (AvgIpc) is 2.88. The molecule has 0 atom stereocenters. The van der Waals surface area contributed by atoms with Crippen LogP contribution in [0.2, 0.25) is 0 Å². The van der Waals surface area contributed by atoms with Crippen molar-refractivity contribution in [2.24, 2.45) is 0 Å². The van der Waals surface area contributed by atoms with Crippen molar-refractivity contribution in [3.05, 3.63) is 21.4 Å². The van der Waals surface area contributed by atoms with Crippen LogP contribution in [0.5, 0.6) is 0 Å². The molecule has 0 bridgehead atoms. The van der Waals surface area contributed by atoms with E-state index in [0.29, 0.717) is 0 Å². The maximum atomic E-state index is 3.70. The Labute approximate surface area is 101 Å². The minimum Gasteiger partial charge on any atom is -0.317 e. The minimum atomic E-state index is 0.734. The molecule has 88 valence electrons. The van der Waals surface area contributed by atoms with Gasteiger partial charge in [0.15, 0.2) is 0 Å². The van der Waals surface area contributed by atoms with E-state index in [2.05, 4.69) is 16.7 Å². The number of rotatable bonds is 3. The second-order valence-corrected chi connectivity index (χ2v) is 6.14. The number of hydrogen-bond donors (Lipinski definition) is 2. The van der Waals surface area contributed by atoms with Crippen molar-refractivity contribution in [1.29, 1.82) is 0 Å². The second kappa shape index (κ2) is 4.86. The summed E-state index contributed by atoms with van der Waals surface area (Å²) < 4.78 is 0.